The van der Waals surface area contributed by atoms with Crippen molar-refractivity contribution in [2.45, 2.75) is 13.5 Å². The Kier molecular flexibility index (Phi) is 4.95. The summed E-state index contributed by atoms with van der Waals surface area (Å²) in [6.07, 6.45) is 0. The fourth-order valence-electron chi connectivity index (χ4n) is 3.06. The van der Waals surface area contributed by atoms with Crippen LogP contribution in [-0.4, -0.2) is 35.1 Å². The molecule has 0 aliphatic carbocycles. The average molecular weight is 387 g/mol. The molecule has 0 unspecified atom stereocenters. The fourth-order valence-corrected chi connectivity index (χ4v) is 3.06. The van der Waals surface area contributed by atoms with Crippen LogP contribution in [0, 0.1) is 6.92 Å². The number of anilines is 1. The van der Waals surface area contributed by atoms with Crippen molar-refractivity contribution in [1.82, 2.24) is 20.4 Å². The Hall–Kier alpha value is -3.74. The minimum absolute atomic E-state index is 0.205. The van der Waals surface area contributed by atoms with Gasteiger partial charge in [-0.25, -0.2) is 9.97 Å². The second-order valence-electron chi connectivity index (χ2n) is 6.97. The highest BCUT2D eigenvalue weighted by molar-refractivity contribution is 6.00. The van der Waals surface area contributed by atoms with Gasteiger partial charge in [-0.05, 0) is 25.1 Å². The van der Waals surface area contributed by atoms with Crippen molar-refractivity contribution in [2.75, 3.05) is 19.0 Å². The lowest BCUT2D eigenvalue weighted by Crippen LogP contribution is -2.24. The zero-order valence-corrected chi connectivity index (χ0v) is 16.5. The van der Waals surface area contributed by atoms with Gasteiger partial charge in [0, 0.05) is 37.0 Å². The van der Waals surface area contributed by atoms with E-state index in [1.165, 1.54) is 0 Å². The van der Waals surface area contributed by atoms with Crippen LogP contribution in [0.2, 0.25) is 0 Å². The van der Waals surface area contributed by atoms with Gasteiger partial charge in [-0.15, -0.1) is 0 Å². The molecule has 2 aromatic carbocycles. The SMILES string of the molecule is Cc1cc(N(C)C)nc(CNC(=O)c2ccc3noc(-c4ccccc4)c3c2)n1. The molecule has 0 bridgehead atoms. The van der Waals surface area contributed by atoms with Gasteiger partial charge in [0.1, 0.15) is 17.2 Å². The monoisotopic (exact) mass is 387 g/mol. The predicted octanol–water partition coefficient (Wildman–Crippen LogP) is 3.59. The van der Waals surface area contributed by atoms with Crippen molar-refractivity contribution < 1.29 is 9.32 Å². The predicted molar refractivity (Wildman–Crippen MR) is 112 cm³/mol. The Morgan fingerprint density at radius 3 is 2.62 bits per heavy atom. The number of hydrogen-bond acceptors (Lipinski definition) is 6. The third-order valence-electron chi connectivity index (χ3n) is 4.53. The number of amides is 1. The molecule has 0 saturated carbocycles. The van der Waals surface area contributed by atoms with E-state index in [4.69, 9.17) is 4.52 Å². The molecule has 146 valence electrons. The largest absolute Gasteiger partial charge is 0.363 e. The molecule has 0 aliphatic rings. The molecule has 0 fully saturated rings. The molecule has 1 N–H and O–H groups in total. The number of rotatable bonds is 5. The molecule has 2 aromatic heterocycles. The standard InChI is InChI=1S/C22H21N5O2/c1-14-11-20(27(2)3)25-19(24-14)13-23-22(28)16-9-10-18-17(12-16)21(29-26-18)15-7-5-4-6-8-15/h4-12H,13H2,1-3H3,(H,23,28). The van der Waals surface area contributed by atoms with E-state index in [1.807, 2.05) is 62.3 Å². The van der Waals surface area contributed by atoms with Gasteiger partial charge in [0.2, 0.25) is 0 Å². The normalized spacial score (nSPS) is 10.9. The minimum atomic E-state index is -0.205. The van der Waals surface area contributed by atoms with E-state index in [0.29, 0.717) is 22.7 Å². The topological polar surface area (TPSA) is 84.2 Å². The van der Waals surface area contributed by atoms with Gasteiger partial charge < -0.3 is 14.7 Å². The second kappa shape index (κ2) is 7.71. The first kappa shape index (κ1) is 18.6. The van der Waals surface area contributed by atoms with Gasteiger partial charge in [-0.3, -0.25) is 4.79 Å². The van der Waals surface area contributed by atoms with Crippen LogP contribution in [-0.2, 0) is 6.54 Å². The van der Waals surface area contributed by atoms with Gasteiger partial charge >= 0.3 is 0 Å². The summed E-state index contributed by atoms with van der Waals surface area (Å²) in [6, 6.07) is 16.9. The summed E-state index contributed by atoms with van der Waals surface area (Å²) in [6.45, 7) is 2.15. The highest BCUT2D eigenvalue weighted by atomic mass is 16.5. The van der Waals surface area contributed by atoms with Gasteiger partial charge in [0.15, 0.2) is 5.76 Å². The number of nitrogens with zero attached hydrogens (tertiary/aromatic N) is 4. The number of nitrogens with one attached hydrogen (secondary N) is 1. The first-order valence-electron chi connectivity index (χ1n) is 9.26. The number of fused-ring (bicyclic) bond motifs is 1. The molecule has 0 radical (unpaired) electrons. The summed E-state index contributed by atoms with van der Waals surface area (Å²) < 4.78 is 5.51. The number of carbonyl (C=O) groups is 1. The van der Waals surface area contributed by atoms with E-state index in [-0.39, 0.29) is 12.5 Å². The summed E-state index contributed by atoms with van der Waals surface area (Å²) in [5.74, 6) is 1.81. The number of benzene rings is 2. The van der Waals surface area contributed by atoms with Crippen molar-refractivity contribution >= 4 is 22.6 Å². The average Bonchev–Trinajstić information content (AvgIpc) is 3.15. The smallest absolute Gasteiger partial charge is 0.251 e. The zero-order chi connectivity index (χ0) is 20.4. The third kappa shape index (κ3) is 3.94. The molecule has 0 atom stereocenters. The Morgan fingerprint density at radius 1 is 1.07 bits per heavy atom. The first-order valence-corrected chi connectivity index (χ1v) is 9.26. The van der Waals surface area contributed by atoms with Gasteiger partial charge in [-0.1, -0.05) is 35.5 Å². The number of carbonyl (C=O) groups excluding carboxylic acids is 1. The van der Waals surface area contributed by atoms with Crippen molar-refractivity contribution in [3.63, 3.8) is 0 Å². The van der Waals surface area contributed by atoms with E-state index >= 15 is 0 Å². The highest BCUT2D eigenvalue weighted by Crippen LogP contribution is 2.29. The summed E-state index contributed by atoms with van der Waals surface area (Å²) >= 11 is 0. The van der Waals surface area contributed by atoms with Crippen LogP contribution in [0.25, 0.3) is 22.2 Å². The molecule has 0 saturated heterocycles. The number of aromatic nitrogens is 3. The highest BCUT2D eigenvalue weighted by Gasteiger charge is 2.14. The van der Waals surface area contributed by atoms with Crippen LogP contribution in [0.1, 0.15) is 21.9 Å². The number of hydrogen-bond donors (Lipinski definition) is 1. The van der Waals surface area contributed by atoms with E-state index in [2.05, 4.69) is 20.4 Å². The molecule has 1 amide bonds. The maximum Gasteiger partial charge on any atom is 0.251 e. The van der Waals surface area contributed by atoms with Gasteiger partial charge in [0.25, 0.3) is 5.91 Å². The van der Waals surface area contributed by atoms with Crippen LogP contribution in [0.5, 0.6) is 0 Å². The fraction of sp³-hybridized carbons (Fsp3) is 0.182. The second-order valence-corrected chi connectivity index (χ2v) is 6.97. The molecule has 4 rings (SSSR count). The lowest BCUT2D eigenvalue weighted by molar-refractivity contribution is 0.0950. The lowest BCUT2D eigenvalue weighted by atomic mass is 10.1. The molecule has 7 nitrogen and oxygen atoms in total. The van der Waals surface area contributed by atoms with Crippen molar-refractivity contribution in [3.8, 4) is 11.3 Å². The van der Waals surface area contributed by atoms with E-state index in [1.54, 1.807) is 18.2 Å². The van der Waals surface area contributed by atoms with E-state index in [9.17, 15) is 4.79 Å². The molecule has 0 aliphatic heterocycles. The molecule has 4 aromatic rings. The van der Waals surface area contributed by atoms with E-state index in [0.717, 1.165) is 22.5 Å². The quantitative estimate of drug-likeness (QED) is 0.563. The van der Waals surface area contributed by atoms with Crippen LogP contribution in [0.3, 0.4) is 0 Å². The molecular formula is C22H21N5O2. The van der Waals surface area contributed by atoms with E-state index < -0.39 is 0 Å². The Bertz CT molecular complexity index is 1170. The zero-order valence-electron chi connectivity index (χ0n) is 16.5. The molecule has 2 heterocycles. The Labute approximate surface area is 168 Å². The molecular weight excluding hydrogens is 366 g/mol. The molecule has 7 heteroatoms. The minimum Gasteiger partial charge on any atom is -0.363 e. The maximum atomic E-state index is 12.7. The maximum absolute atomic E-state index is 12.7. The summed E-state index contributed by atoms with van der Waals surface area (Å²) in [5.41, 5.74) is 3.00. The number of aryl methyl sites for hydroxylation is 1. The van der Waals surface area contributed by atoms with Crippen LogP contribution in [0.4, 0.5) is 5.82 Å². The van der Waals surface area contributed by atoms with Crippen molar-refractivity contribution in [2.24, 2.45) is 0 Å². The van der Waals surface area contributed by atoms with Crippen LogP contribution >= 0.6 is 0 Å². The lowest BCUT2D eigenvalue weighted by Gasteiger charge is -2.13. The first-order chi connectivity index (χ1) is 14.0. The Morgan fingerprint density at radius 2 is 1.86 bits per heavy atom. The summed E-state index contributed by atoms with van der Waals surface area (Å²) in [4.78, 5) is 23.5. The molecule has 0 spiro atoms. The van der Waals surface area contributed by atoms with Crippen molar-refractivity contribution in [3.05, 3.63) is 71.7 Å². The Balaban J connectivity index is 1.56. The van der Waals surface area contributed by atoms with Gasteiger partial charge in [0.05, 0.1) is 11.9 Å². The van der Waals surface area contributed by atoms with Gasteiger partial charge in [-0.2, -0.15) is 0 Å². The molecule has 29 heavy (non-hydrogen) atoms. The third-order valence-corrected chi connectivity index (χ3v) is 4.53. The van der Waals surface area contributed by atoms with Crippen LogP contribution < -0.4 is 10.2 Å². The summed E-state index contributed by atoms with van der Waals surface area (Å²) in [5, 5.41) is 7.78. The van der Waals surface area contributed by atoms with Crippen LogP contribution in [0.15, 0.2) is 59.1 Å². The summed E-state index contributed by atoms with van der Waals surface area (Å²) in [7, 11) is 3.84. The van der Waals surface area contributed by atoms with Crippen molar-refractivity contribution in [1.29, 1.82) is 0 Å².